The minimum atomic E-state index is -0.597. The zero-order valence-corrected chi connectivity index (χ0v) is 9.68. The Labute approximate surface area is 85.0 Å². The maximum atomic E-state index is 5.52. The van der Waals surface area contributed by atoms with E-state index in [4.69, 9.17) is 27.6 Å². The van der Waals surface area contributed by atoms with Gasteiger partial charge in [0, 0.05) is 0 Å². The molecule has 4 heteroatoms. The van der Waals surface area contributed by atoms with Crippen LogP contribution in [0.3, 0.4) is 0 Å². The van der Waals surface area contributed by atoms with E-state index in [0.29, 0.717) is 0 Å². The monoisotopic (exact) mass is 222 g/mol. The minimum absolute atomic E-state index is 0.503. The Morgan fingerprint density at radius 3 is 2.67 bits per heavy atom. The lowest BCUT2D eigenvalue weighted by Crippen LogP contribution is -2.14. The van der Waals surface area contributed by atoms with Crippen molar-refractivity contribution in [1.29, 1.82) is 0 Å². The van der Waals surface area contributed by atoms with E-state index in [9.17, 15) is 0 Å². The summed E-state index contributed by atoms with van der Waals surface area (Å²) in [6.45, 7) is 0. The molecule has 0 radical (unpaired) electrons. The summed E-state index contributed by atoms with van der Waals surface area (Å²) in [4.78, 5) is 0. The molecule has 0 N–H and O–H groups in total. The summed E-state index contributed by atoms with van der Waals surface area (Å²) in [5, 5.41) is -0.597. The maximum absolute atomic E-state index is 5.52. The van der Waals surface area contributed by atoms with Crippen LogP contribution in [-0.2, 0) is 4.43 Å². The first-order chi connectivity index (χ1) is 5.75. The smallest absolute Gasteiger partial charge is 0.197 e. The van der Waals surface area contributed by atoms with Crippen LogP contribution in [0.1, 0.15) is 12.8 Å². The summed E-state index contributed by atoms with van der Waals surface area (Å²) >= 11 is 11.0. The summed E-state index contributed by atoms with van der Waals surface area (Å²) in [5.74, 6) is 1.62. The van der Waals surface area contributed by atoms with Crippen LogP contribution in [0.4, 0.5) is 0 Å². The molecule has 2 bridgehead atoms. The molecule has 0 aliphatic heterocycles. The van der Waals surface area contributed by atoms with Crippen LogP contribution in [0.25, 0.3) is 0 Å². The third-order valence-electron chi connectivity index (χ3n) is 2.85. The van der Waals surface area contributed by atoms with Crippen molar-refractivity contribution >= 4 is 33.0 Å². The van der Waals surface area contributed by atoms with Gasteiger partial charge in [0.25, 0.3) is 0 Å². The molecule has 0 aromatic carbocycles. The Balaban J connectivity index is 1.80. The Kier molecular flexibility index (Phi) is 2.80. The summed E-state index contributed by atoms with van der Waals surface area (Å²) in [6.07, 6.45) is 7.34. The number of rotatable bonds is 3. The van der Waals surface area contributed by atoms with Gasteiger partial charge in [0.15, 0.2) is 14.8 Å². The largest absolute Gasteiger partial charge is 0.397 e. The van der Waals surface area contributed by atoms with Crippen LogP contribution < -0.4 is 0 Å². The second-order valence-electron chi connectivity index (χ2n) is 3.63. The van der Waals surface area contributed by atoms with Crippen LogP contribution in [0.15, 0.2) is 12.2 Å². The lowest BCUT2D eigenvalue weighted by Gasteiger charge is -2.17. The normalized spacial score (nSPS) is 39.4. The van der Waals surface area contributed by atoms with Gasteiger partial charge in [0.05, 0.1) is 0 Å². The van der Waals surface area contributed by atoms with Crippen molar-refractivity contribution in [2.24, 2.45) is 11.8 Å². The molecule has 0 spiro atoms. The standard InChI is InChI=1S/C8H12Cl2OSi/c9-8(10)11-12-7-4-5-1-2-6(7)3-5/h1-2,5-8H,3-4,12H2. The number of fused-ring (bicyclic) bond motifs is 2. The van der Waals surface area contributed by atoms with E-state index >= 15 is 0 Å². The quantitative estimate of drug-likeness (QED) is 0.405. The molecular formula is C8H12Cl2OSi. The molecule has 3 unspecified atom stereocenters. The van der Waals surface area contributed by atoms with Gasteiger partial charge in [0.2, 0.25) is 0 Å². The van der Waals surface area contributed by atoms with Gasteiger partial charge in [0.1, 0.15) is 0 Å². The van der Waals surface area contributed by atoms with Crippen LogP contribution in [0, 0.1) is 11.8 Å². The summed E-state index contributed by atoms with van der Waals surface area (Å²) in [5.41, 5.74) is 0.792. The molecule has 0 amide bonds. The number of alkyl halides is 2. The maximum Gasteiger partial charge on any atom is 0.197 e. The summed E-state index contributed by atoms with van der Waals surface area (Å²) in [6, 6.07) is 0. The van der Waals surface area contributed by atoms with E-state index in [1.165, 1.54) is 12.8 Å². The number of hydrogen-bond acceptors (Lipinski definition) is 1. The first kappa shape index (κ1) is 9.07. The number of allylic oxidation sites excluding steroid dienone is 2. The molecule has 12 heavy (non-hydrogen) atoms. The Morgan fingerprint density at radius 2 is 2.17 bits per heavy atom. The molecule has 2 aliphatic rings. The van der Waals surface area contributed by atoms with Crippen LogP contribution in [0.5, 0.6) is 0 Å². The van der Waals surface area contributed by atoms with Gasteiger partial charge in [-0.25, -0.2) is 0 Å². The van der Waals surface area contributed by atoms with E-state index in [1.54, 1.807) is 0 Å². The van der Waals surface area contributed by atoms with Crippen LogP contribution in [-0.4, -0.2) is 14.8 Å². The van der Waals surface area contributed by atoms with Gasteiger partial charge in [-0.2, -0.15) is 0 Å². The topological polar surface area (TPSA) is 9.23 Å². The van der Waals surface area contributed by atoms with Crippen molar-refractivity contribution in [1.82, 2.24) is 0 Å². The zero-order chi connectivity index (χ0) is 8.55. The van der Waals surface area contributed by atoms with Crippen molar-refractivity contribution in [2.45, 2.75) is 23.4 Å². The van der Waals surface area contributed by atoms with Crippen molar-refractivity contribution in [3.05, 3.63) is 12.2 Å². The predicted octanol–water partition coefficient (Wildman–Crippen LogP) is 2.23. The molecule has 1 nitrogen and oxygen atoms in total. The Bertz CT molecular complexity index is 195. The lowest BCUT2D eigenvalue weighted by atomic mass is 10.1. The highest BCUT2D eigenvalue weighted by Gasteiger charge is 2.36. The highest BCUT2D eigenvalue weighted by molar-refractivity contribution is 6.45. The third-order valence-corrected chi connectivity index (χ3v) is 5.42. The second kappa shape index (κ2) is 3.70. The Hall–Kier alpha value is 0.497. The van der Waals surface area contributed by atoms with Gasteiger partial charge in [-0.15, -0.1) is 0 Å². The highest BCUT2D eigenvalue weighted by Crippen LogP contribution is 2.46. The number of hydrogen-bond donors (Lipinski definition) is 0. The van der Waals surface area contributed by atoms with E-state index < -0.39 is 14.8 Å². The van der Waals surface area contributed by atoms with E-state index in [2.05, 4.69) is 12.2 Å². The van der Waals surface area contributed by atoms with Gasteiger partial charge >= 0.3 is 0 Å². The molecular weight excluding hydrogens is 211 g/mol. The van der Waals surface area contributed by atoms with Gasteiger partial charge in [-0.05, 0) is 30.2 Å². The molecule has 0 aromatic heterocycles. The van der Waals surface area contributed by atoms with E-state index in [1.807, 2.05) is 0 Å². The molecule has 0 aromatic rings. The molecule has 68 valence electrons. The van der Waals surface area contributed by atoms with E-state index in [0.717, 1.165) is 17.4 Å². The van der Waals surface area contributed by atoms with E-state index in [-0.39, 0.29) is 0 Å². The van der Waals surface area contributed by atoms with Crippen LogP contribution >= 0.6 is 23.2 Å². The van der Waals surface area contributed by atoms with Gasteiger partial charge < -0.3 is 4.43 Å². The second-order valence-corrected chi connectivity index (χ2v) is 6.37. The minimum Gasteiger partial charge on any atom is -0.397 e. The Morgan fingerprint density at radius 1 is 1.33 bits per heavy atom. The van der Waals surface area contributed by atoms with Crippen molar-refractivity contribution in [3.8, 4) is 0 Å². The summed E-state index contributed by atoms with van der Waals surface area (Å²) < 4.78 is 5.31. The molecule has 3 atom stereocenters. The van der Waals surface area contributed by atoms with Crippen LogP contribution in [0.2, 0.25) is 5.54 Å². The highest BCUT2D eigenvalue weighted by atomic mass is 35.5. The van der Waals surface area contributed by atoms with Crippen molar-refractivity contribution in [2.75, 3.05) is 0 Å². The van der Waals surface area contributed by atoms with Gasteiger partial charge in [-0.1, -0.05) is 35.4 Å². The predicted molar refractivity (Wildman–Crippen MR) is 54.2 cm³/mol. The molecule has 0 heterocycles. The third kappa shape index (κ3) is 1.87. The lowest BCUT2D eigenvalue weighted by molar-refractivity contribution is 0.361. The molecule has 1 fully saturated rings. The average Bonchev–Trinajstić information content (AvgIpc) is 2.60. The first-order valence-corrected chi connectivity index (χ1v) is 6.60. The van der Waals surface area contributed by atoms with Crippen molar-refractivity contribution in [3.63, 3.8) is 0 Å². The zero-order valence-electron chi connectivity index (χ0n) is 6.75. The first-order valence-electron chi connectivity index (χ1n) is 4.34. The molecule has 2 rings (SSSR count). The molecule has 0 saturated heterocycles. The summed E-state index contributed by atoms with van der Waals surface area (Å²) in [7, 11) is -0.503. The average molecular weight is 223 g/mol. The fourth-order valence-corrected chi connectivity index (χ4v) is 4.27. The van der Waals surface area contributed by atoms with Gasteiger partial charge in [-0.3, -0.25) is 0 Å². The SMILES string of the molecule is ClC(Cl)O[SiH2]C1CC2C=CC1C2. The molecule has 2 aliphatic carbocycles. The van der Waals surface area contributed by atoms with Crippen molar-refractivity contribution < 1.29 is 4.43 Å². The number of halogens is 2. The molecule has 1 saturated carbocycles. The fourth-order valence-electron chi connectivity index (χ4n) is 2.28. The fraction of sp³-hybridized carbons (Fsp3) is 0.750.